The summed E-state index contributed by atoms with van der Waals surface area (Å²) in [5.41, 5.74) is 1.06. The smallest absolute Gasteiger partial charge is 0.338 e. The number of methoxy groups -OCH3 is 1. The third kappa shape index (κ3) is 2.44. The number of non-ortho nitro benzene ring substituents is 1. The second-order valence-electron chi connectivity index (χ2n) is 3.86. The molecule has 2 aromatic rings. The molecule has 0 unspecified atom stereocenters. The predicted octanol–water partition coefficient (Wildman–Crippen LogP) is 2.08. The number of nitro groups is 1. The normalized spacial score (nSPS) is 10.2. The Bertz CT molecular complexity index is 648. The molecule has 1 N–H and O–H groups in total. The van der Waals surface area contributed by atoms with Crippen molar-refractivity contribution in [3.63, 3.8) is 0 Å². The van der Waals surface area contributed by atoms with Crippen LogP contribution in [-0.4, -0.2) is 28.0 Å². The molecule has 0 aliphatic heterocycles. The molecule has 0 radical (unpaired) electrons. The first-order valence-electron chi connectivity index (χ1n) is 5.41. The monoisotopic (exact) mass is 261 g/mol. The lowest BCUT2D eigenvalue weighted by molar-refractivity contribution is -0.384. The van der Waals surface area contributed by atoms with E-state index >= 15 is 0 Å². The number of esters is 1. The van der Waals surface area contributed by atoms with Crippen molar-refractivity contribution < 1.29 is 14.5 Å². The van der Waals surface area contributed by atoms with Gasteiger partial charge >= 0.3 is 5.97 Å². The van der Waals surface area contributed by atoms with E-state index < -0.39 is 10.9 Å². The van der Waals surface area contributed by atoms with Gasteiger partial charge in [-0.15, -0.1) is 0 Å². The molecule has 7 heteroatoms. The number of aromatic amines is 1. The highest BCUT2D eigenvalue weighted by atomic mass is 16.6. The summed E-state index contributed by atoms with van der Waals surface area (Å²) in [6.45, 7) is 1.75. The van der Waals surface area contributed by atoms with Gasteiger partial charge in [-0.25, -0.2) is 9.78 Å². The fourth-order valence-electron chi connectivity index (χ4n) is 1.71. The number of nitro benzene ring substituents is 1. The Balaban J connectivity index is 2.62. The standard InChI is InChI=1S/C12H11N3O4/c1-7-13-6-11(14-7)10-5-8(15(17)18)3-4-9(10)12(16)19-2/h3-6H,1-2H3,(H,13,14). The minimum atomic E-state index is -0.558. The topological polar surface area (TPSA) is 98.1 Å². The van der Waals surface area contributed by atoms with E-state index in [1.54, 1.807) is 6.92 Å². The molecule has 0 aliphatic carbocycles. The van der Waals surface area contributed by atoms with Gasteiger partial charge in [-0.05, 0) is 13.0 Å². The number of hydrogen-bond donors (Lipinski definition) is 1. The third-order valence-electron chi connectivity index (χ3n) is 2.61. The molecule has 1 heterocycles. The number of imidazole rings is 1. The zero-order valence-electron chi connectivity index (χ0n) is 10.3. The first-order chi connectivity index (χ1) is 9.02. The molecule has 0 spiro atoms. The number of rotatable bonds is 3. The molecule has 0 bridgehead atoms. The third-order valence-corrected chi connectivity index (χ3v) is 2.61. The molecule has 0 saturated carbocycles. The van der Waals surface area contributed by atoms with E-state index in [1.165, 1.54) is 31.5 Å². The van der Waals surface area contributed by atoms with Gasteiger partial charge in [0.15, 0.2) is 0 Å². The predicted molar refractivity (Wildman–Crippen MR) is 66.8 cm³/mol. The van der Waals surface area contributed by atoms with Crippen LogP contribution >= 0.6 is 0 Å². The molecule has 0 amide bonds. The zero-order valence-corrected chi connectivity index (χ0v) is 10.3. The SMILES string of the molecule is COC(=O)c1ccc([N+](=O)[O-])cc1-c1cnc(C)[nH]1. The lowest BCUT2D eigenvalue weighted by Gasteiger charge is -2.05. The van der Waals surface area contributed by atoms with Crippen molar-refractivity contribution >= 4 is 11.7 Å². The van der Waals surface area contributed by atoms with Crippen LogP contribution in [0, 0.1) is 17.0 Å². The number of nitrogens with one attached hydrogen (secondary N) is 1. The second-order valence-corrected chi connectivity index (χ2v) is 3.86. The summed E-state index contributed by atoms with van der Waals surface area (Å²) < 4.78 is 4.66. The molecule has 0 aliphatic rings. The van der Waals surface area contributed by atoms with E-state index in [-0.39, 0.29) is 11.3 Å². The number of benzene rings is 1. The Labute approximate surface area is 108 Å². The van der Waals surface area contributed by atoms with Crippen LogP contribution in [0.15, 0.2) is 24.4 Å². The zero-order chi connectivity index (χ0) is 14.0. The van der Waals surface area contributed by atoms with E-state index in [9.17, 15) is 14.9 Å². The summed E-state index contributed by atoms with van der Waals surface area (Å²) in [4.78, 5) is 28.9. The van der Waals surface area contributed by atoms with Crippen molar-refractivity contribution in [2.24, 2.45) is 0 Å². The number of ether oxygens (including phenoxy) is 1. The van der Waals surface area contributed by atoms with Gasteiger partial charge in [0.2, 0.25) is 0 Å². The molecule has 19 heavy (non-hydrogen) atoms. The van der Waals surface area contributed by atoms with Crippen LogP contribution in [0.1, 0.15) is 16.2 Å². The van der Waals surface area contributed by atoms with E-state index in [0.717, 1.165) is 0 Å². The van der Waals surface area contributed by atoms with Crippen molar-refractivity contribution in [3.8, 4) is 11.3 Å². The first kappa shape index (κ1) is 12.7. The fraction of sp³-hybridized carbons (Fsp3) is 0.167. The molecular formula is C12H11N3O4. The molecule has 0 saturated heterocycles. The highest BCUT2D eigenvalue weighted by Crippen LogP contribution is 2.27. The summed E-state index contributed by atoms with van der Waals surface area (Å²) in [6, 6.07) is 3.95. The average Bonchev–Trinajstić information content (AvgIpc) is 2.83. The van der Waals surface area contributed by atoms with Crippen LogP contribution in [0.25, 0.3) is 11.3 Å². The Morgan fingerprint density at radius 2 is 2.21 bits per heavy atom. The number of carbonyl (C=O) groups excluding carboxylic acids is 1. The molecule has 0 fully saturated rings. The van der Waals surface area contributed by atoms with Gasteiger partial charge < -0.3 is 9.72 Å². The summed E-state index contributed by atoms with van der Waals surface area (Å²) >= 11 is 0. The van der Waals surface area contributed by atoms with E-state index in [2.05, 4.69) is 14.7 Å². The quantitative estimate of drug-likeness (QED) is 0.518. The van der Waals surface area contributed by atoms with Crippen molar-refractivity contribution in [1.82, 2.24) is 9.97 Å². The lowest BCUT2D eigenvalue weighted by atomic mass is 10.0. The highest BCUT2D eigenvalue weighted by Gasteiger charge is 2.18. The van der Waals surface area contributed by atoms with Crippen LogP contribution in [0.2, 0.25) is 0 Å². The second kappa shape index (κ2) is 4.89. The number of aromatic nitrogens is 2. The summed E-state index contributed by atoms with van der Waals surface area (Å²) in [6.07, 6.45) is 1.51. The Morgan fingerprint density at radius 3 is 2.74 bits per heavy atom. The maximum Gasteiger partial charge on any atom is 0.338 e. The molecular weight excluding hydrogens is 250 g/mol. The van der Waals surface area contributed by atoms with E-state index in [1.807, 2.05) is 0 Å². The number of aryl methyl sites for hydroxylation is 1. The van der Waals surface area contributed by atoms with Gasteiger partial charge in [-0.3, -0.25) is 10.1 Å². The van der Waals surface area contributed by atoms with Gasteiger partial charge in [0, 0.05) is 17.7 Å². The van der Waals surface area contributed by atoms with Crippen LogP contribution in [0.4, 0.5) is 5.69 Å². The number of hydrogen-bond acceptors (Lipinski definition) is 5. The van der Waals surface area contributed by atoms with E-state index in [4.69, 9.17) is 0 Å². The number of H-pyrrole nitrogens is 1. The number of carbonyl (C=O) groups is 1. The molecule has 98 valence electrons. The van der Waals surface area contributed by atoms with Crippen LogP contribution in [0.5, 0.6) is 0 Å². The number of nitrogens with zero attached hydrogens (tertiary/aromatic N) is 2. The largest absolute Gasteiger partial charge is 0.465 e. The maximum atomic E-state index is 11.7. The minimum Gasteiger partial charge on any atom is -0.465 e. The fourth-order valence-corrected chi connectivity index (χ4v) is 1.71. The summed E-state index contributed by atoms with van der Waals surface area (Å²) in [5.74, 6) is 0.0921. The molecule has 0 atom stereocenters. The van der Waals surface area contributed by atoms with Crippen LogP contribution < -0.4 is 0 Å². The summed E-state index contributed by atoms with van der Waals surface area (Å²) in [7, 11) is 1.26. The van der Waals surface area contributed by atoms with E-state index in [0.29, 0.717) is 17.1 Å². The molecule has 1 aromatic carbocycles. The van der Waals surface area contributed by atoms with Crippen molar-refractivity contribution in [3.05, 3.63) is 45.9 Å². The minimum absolute atomic E-state index is 0.102. The highest BCUT2D eigenvalue weighted by molar-refractivity contribution is 5.97. The average molecular weight is 261 g/mol. The van der Waals surface area contributed by atoms with Gasteiger partial charge in [-0.2, -0.15) is 0 Å². The van der Waals surface area contributed by atoms with Crippen LogP contribution in [-0.2, 0) is 4.74 Å². The van der Waals surface area contributed by atoms with Gasteiger partial charge in [0.25, 0.3) is 5.69 Å². The Morgan fingerprint density at radius 1 is 1.47 bits per heavy atom. The van der Waals surface area contributed by atoms with Gasteiger partial charge in [0.1, 0.15) is 5.82 Å². The molecule has 1 aromatic heterocycles. The first-order valence-corrected chi connectivity index (χ1v) is 5.41. The Hall–Kier alpha value is -2.70. The molecule has 7 nitrogen and oxygen atoms in total. The summed E-state index contributed by atoms with van der Waals surface area (Å²) in [5, 5.41) is 10.8. The van der Waals surface area contributed by atoms with Gasteiger partial charge in [0.05, 0.1) is 29.5 Å². The molecule has 2 rings (SSSR count). The van der Waals surface area contributed by atoms with Crippen LogP contribution in [0.3, 0.4) is 0 Å². The lowest BCUT2D eigenvalue weighted by Crippen LogP contribution is -2.04. The Kier molecular flexibility index (Phi) is 3.28. The van der Waals surface area contributed by atoms with Crippen molar-refractivity contribution in [2.75, 3.05) is 7.11 Å². The van der Waals surface area contributed by atoms with Gasteiger partial charge in [-0.1, -0.05) is 0 Å². The van der Waals surface area contributed by atoms with Crippen molar-refractivity contribution in [1.29, 1.82) is 0 Å². The maximum absolute atomic E-state index is 11.7. The van der Waals surface area contributed by atoms with Crippen molar-refractivity contribution in [2.45, 2.75) is 6.92 Å².